The predicted molar refractivity (Wildman–Crippen MR) is 64.6 cm³/mol. The van der Waals surface area contributed by atoms with Crippen molar-refractivity contribution in [3.05, 3.63) is 39.6 Å². The Bertz CT molecular complexity index is 803. The summed E-state index contributed by atoms with van der Waals surface area (Å²) in [6.07, 6.45) is 0. The molecule has 0 aliphatic carbocycles. The van der Waals surface area contributed by atoms with Crippen molar-refractivity contribution in [2.75, 3.05) is 0 Å². The molecule has 3 rings (SSSR count). The molecule has 3 aromatic rings. The van der Waals surface area contributed by atoms with E-state index in [2.05, 4.69) is 10.1 Å². The van der Waals surface area contributed by atoms with E-state index in [4.69, 9.17) is 0 Å². The second kappa shape index (κ2) is 3.46. The fourth-order valence-corrected chi connectivity index (χ4v) is 2.43. The van der Waals surface area contributed by atoms with Gasteiger partial charge in [-0.2, -0.15) is 10.1 Å². The van der Waals surface area contributed by atoms with Crippen molar-refractivity contribution in [3.63, 3.8) is 0 Å². The molecule has 84 valence electrons. The monoisotopic (exact) mass is 245 g/mol. The minimum absolute atomic E-state index is 0.128. The van der Waals surface area contributed by atoms with Crippen molar-refractivity contribution in [3.8, 4) is 0 Å². The number of nitrogens with zero attached hydrogens (tertiary/aromatic N) is 3. The summed E-state index contributed by atoms with van der Waals surface area (Å²) in [5.74, 6) is -0.128. The minimum Gasteiger partial charge on any atom is -0.292 e. The number of benzene rings is 1. The quantitative estimate of drug-likeness (QED) is 0.609. The largest absolute Gasteiger partial charge is 0.292 e. The summed E-state index contributed by atoms with van der Waals surface area (Å²) < 4.78 is 1.54. The molecule has 0 unspecified atom stereocenters. The summed E-state index contributed by atoms with van der Waals surface area (Å²) in [5.41, 5.74) is 0.380. The second-order valence-electron chi connectivity index (χ2n) is 3.59. The van der Waals surface area contributed by atoms with Crippen molar-refractivity contribution in [2.24, 2.45) is 0 Å². The molecule has 0 saturated carbocycles. The number of ketones is 1. The van der Waals surface area contributed by atoms with Gasteiger partial charge in [0.25, 0.3) is 5.56 Å². The van der Waals surface area contributed by atoms with Crippen molar-refractivity contribution in [1.29, 1.82) is 0 Å². The maximum atomic E-state index is 11.7. The third-order valence-corrected chi connectivity index (χ3v) is 3.43. The van der Waals surface area contributed by atoms with E-state index in [0.717, 1.165) is 11.3 Å². The molecule has 6 heteroatoms. The Morgan fingerprint density at radius 3 is 2.88 bits per heavy atom. The van der Waals surface area contributed by atoms with Gasteiger partial charge in [-0.1, -0.05) is 23.5 Å². The first kappa shape index (κ1) is 10.1. The van der Waals surface area contributed by atoms with Crippen LogP contribution in [0.3, 0.4) is 0 Å². The zero-order valence-corrected chi connectivity index (χ0v) is 9.69. The van der Waals surface area contributed by atoms with Crippen molar-refractivity contribution < 1.29 is 4.79 Å². The number of hydrogen-bond acceptors (Lipinski definition) is 5. The second-order valence-corrected chi connectivity index (χ2v) is 4.55. The molecule has 0 N–H and O–H groups in total. The maximum absolute atomic E-state index is 11.7. The van der Waals surface area contributed by atoms with Gasteiger partial charge in [0.2, 0.25) is 4.96 Å². The molecule has 17 heavy (non-hydrogen) atoms. The Hall–Kier alpha value is -2.08. The van der Waals surface area contributed by atoms with Crippen LogP contribution in [0.2, 0.25) is 0 Å². The third kappa shape index (κ3) is 1.45. The van der Waals surface area contributed by atoms with Gasteiger partial charge in [0.05, 0.1) is 10.9 Å². The van der Waals surface area contributed by atoms with E-state index in [-0.39, 0.29) is 11.3 Å². The number of fused-ring (bicyclic) bond motifs is 3. The lowest BCUT2D eigenvalue weighted by molar-refractivity contribution is 0.101. The number of hydrogen-bond donors (Lipinski definition) is 0. The number of para-hydroxylation sites is 1. The Morgan fingerprint density at radius 2 is 2.12 bits per heavy atom. The first-order valence-corrected chi connectivity index (χ1v) is 5.78. The first-order chi connectivity index (χ1) is 8.16. The van der Waals surface area contributed by atoms with Gasteiger partial charge in [-0.15, -0.1) is 0 Å². The molecular formula is C11H7N3O2S. The molecule has 2 aromatic heterocycles. The average Bonchev–Trinajstić information content (AvgIpc) is 2.73. The average molecular weight is 245 g/mol. The van der Waals surface area contributed by atoms with E-state index in [9.17, 15) is 9.59 Å². The zero-order chi connectivity index (χ0) is 12.0. The Labute approximate surface area is 99.3 Å². The van der Waals surface area contributed by atoms with Crippen molar-refractivity contribution >= 4 is 33.0 Å². The number of Topliss-reactive ketones (excluding diaryl/α,β-unsaturated/α-hetero) is 1. The predicted octanol–water partition coefficient (Wildman–Crippen LogP) is 1.51. The lowest BCUT2D eigenvalue weighted by Gasteiger charge is -1.97. The molecule has 0 saturated heterocycles. The molecule has 0 spiro atoms. The van der Waals surface area contributed by atoms with E-state index < -0.39 is 0 Å². The lowest BCUT2D eigenvalue weighted by Crippen LogP contribution is -2.09. The van der Waals surface area contributed by atoms with E-state index in [1.807, 2.05) is 6.07 Å². The summed E-state index contributed by atoms with van der Waals surface area (Å²) in [5, 5.41) is 5.03. The van der Waals surface area contributed by atoms with Crippen LogP contribution in [-0.4, -0.2) is 20.4 Å². The van der Waals surface area contributed by atoms with Crippen LogP contribution >= 0.6 is 11.3 Å². The summed E-state index contributed by atoms with van der Waals surface area (Å²) in [6, 6.07) is 7.08. The highest BCUT2D eigenvalue weighted by molar-refractivity contribution is 7.18. The molecule has 0 amide bonds. The van der Waals surface area contributed by atoms with Gasteiger partial charge in [-0.05, 0) is 12.1 Å². The van der Waals surface area contributed by atoms with Crippen LogP contribution in [0, 0.1) is 0 Å². The Morgan fingerprint density at radius 1 is 1.35 bits per heavy atom. The number of rotatable bonds is 1. The molecule has 0 bridgehead atoms. The third-order valence-electron chi connectivity index (χ3n) is 2.42. The molecule has 5 nitrogen and oxygen atoms in total. The van der Waals surface area contributed by atoms with Gasteiger partial charge in [0, 0.05) is 6.92 Å². The molecule has 0 radical (unpaired) electrons. The molecular weight excluding hydrogens is 238 g/mol. The smallest absolute Gasteiger partial charge is 0.281 e. The zero-order valence-electron chi connectivity index (χ0n) is 8.88. The fourth-order valence-electron chi connectivity index (χ4n) is 1.64. The SMILES string of the molecule is CC(=O)c1nn2c(nc(=O)c3ccccc32)s1. The fraction of sp³-hybridized carbons (Fsp3) is 0.0909. The topological polar surface area (TPSA) is 64.3 Å². The number of carbonyl (C=O) groups is 1. The van der Waals surface area contributed by atoms with Gasteiger partial charge in [-0.25, -0.2) is 4.52 Å². The van der Waals surface area contributed by atoms with Crippen molar-refractivity contribution in [1.82, 2.24) is 14.6 Å². The first-order valence-electron chi connectivity index (χ1n) is 4.96. The number of aromatic nitrogens is 3. The molecule has 2 heterocycles. The van der Waals surface area contributed by atoms with Crippen LogP contribution in [0.4, 0.5) is 0 Å². The minimum atomic E-state index is -0.292. The van der Waals surface area contributed by atoms with Crippen LogP contribution in [0.5, 0.6) is 0 Å². The molecule has 0 fully saturated rings. The Balaban J connectivity index is 2.55. The van der Waals surface area contributed by atoms with Gasteiger partial charge >= 0.3 is 0 Å². The summed E-state index contributed by atoms with van der Waals surface area (Å²) >= 11 is 1.13. The molecule has 0 aliphatic rings. The molecule has 1 aromatic carbocycles. The van der Waals surface area contributed by atoms with E-state index >= 15 is 0 Å². The van der Waals surface area contributed by atoms with E-state index in [1.165, 1.54) is 11.4 Å². The summed E-state index contributed by atoms with van der Waals surface area (Å²) in [6.45, 7) is 1.44. The standard InChI is InChI=1S/C11H7N3O2S/c1-6(15)10-13-14-8-5-3-2-4-7(8)9(16)12-11(14)17-10/h2-5H,1H3. The summed E-state index contributed by atoms with van der Waals surface area (Å²) in [7, 11) is 0. The maximum Gasteiger partial charge on any atom is 0.281 e. The molecule has 0 atom stereocenters. The van der Waals surface area contributed by atoms with E-state index in [1.54, 1.807) is 18.2 Å². The van der Waals surface area contributed by atoms with Gasteiger partial charge in [0.15, 0.2) is 10.8 Å². The van der Waals surface area contributed by atoms with Gasteiger partial charge < -0.3 is 0 Å². The van der Waals surface area contributed by atoms with Gasteiger partial charge in [0.1, 0.15) is 0 Å². The van der Waals surface area contributed by atoms with Crippen LogP contribution in [0.25, 0.3) is 15.9 Å². The van der Waals surface area contributed by atoms with Crippen LogP contribution in [-0.2, 0) is 0 Å². The Kier molecular flexibility index (Phi) is 2.05. The lowest BCUT2D eigenvalue weighted by atomic mass is 10.2. The highest BCUT2D eigenvalue weighted by atomic mass is 32.1. The highest BCUT2D eigenvalue weighted by Gasteiger charge is 2.12. The van der Waals surface area contributed by atoms with Crippen LogP contribution in [0.1, 0.15) is 16.7 Å². The van der Waals surface area contributed by atoms with E-state index in [0.29, 0.717) is 20.9 Å². The normalized spacial score (nSPS) is 11.1. The van der Waals surface area contributed by atoms with Crippen LogP contribution in [0.15, 0.2) is 29.1 Å². The van der Waals surface area contributed by atoms with Gasteiger partial charge in [-0.3, -0.25) is 9.59 Å². The highest BCUT2D eigenvalue weighted by Crippen LogP contribution is 2.17. The summed E-state index contributed by atoms with van der Waals surface area (Å²) in [4.78, 5) is 27.4. The van der Waals surface area contributed by atoms with Crippen LogP contribution < -0.4 is 5.56 Å². The van der Waals surface area contributed by atoms with Crippen molar-refractivity contribution in [2.45, 2.75) is 6.92 Å². The number of carbonyl (C=O) groups excluding carboxylic acids is 1. The molecule has 0 aliphatic heterocycles.